The molecule has 1 rings (SSSR count). The van der Waals surface area contributed by atoms with Crippen LogP contribution < -0.4 is 4.90 Å². The first-order chi connectivity index (χ1) is 8.08. The Balaban J connectivity index is 2.84. The number of pyridine rings is 1. The number of hydrogen-bond acceptors (Lipinski definition) is 3. The van der Waals surface area contributed by atoms with Gasteiger partial charge in [-0.25, -0.2) is 4.98 Å². The normalized spacial score (nSPS) is 12.8. The molecule has 0 saturated heterocycles. The van der Waals surface area contributed by atoms with Crippen LogP contribution in [-0.4, -0.2) is 43.1 Å². The van der Waals surface area contributed by atoms with Gasteiger partial charge in [0.25, 0.3) is 0 Å². The van der Waals surface area contributed by atoms with E-state index in [-0.39, 0.29) is 0 Å². The van der Waals surface area contributed by atoms with E-state index < -0.39 is 0 Å². The summed E-state index contributed by atoms with van der Waals surface area (Å²) in [5, 5.41) is 0. The van der Waals surface area contributed by atoms with E-state index >= 15 is 0 Å². The fourth-order valence-corrected chi connectivity index (χ4v) is 2.19. The van der Waals surface area contributed by atoms with Crippen molar-refractivity contribution < 1.29 is 0 Å². The van der Waals surface area contributed by atoms with Crippen molar-refractivity contribution in [3.05, 3.63) is 23.9 Å². The van der Waals surface area contributed by atoms with Crippen molar-refractivity contribution in [2.75, 3.05) is 32.1 Å². The minimum absolute atomic E-state index is 0.438. The highest BCUT2D eigenvalue weighted by molar-refractivity contribution is 6.17. The molecule has 0 amide bonds. The van der Waals surface area contributed by atoms with Gasteiger partial charge >= 0.3 is 0 Å². The van der Waals surface area contributed by atoms with Crippen molar-refractivity contribution in [3.8, 4) is 0 Å². The van der Waals surface area contributed by atoms with Crippen LogP contribution in [0.3, 0.4) is 0 Å². The molecule has 1 aromatic rings. The van der Waals surface area contributed by atoms with Crippen molar-refractivity contribution in [1.29, 1.82) is 0 Å². The lowest BCUT2D eigenvalue weighted by atomic mass is 10.2. The molecular formula is C13H22ClN3. The molecule has 4 heteroatoms. The summed E-state index contributed by atoms with van der Waals surface area (Å²) in [5.41, 5.74) is 1.12. The molecule has 0 spiro atoms. The molecule has 0 saturated carbocycles. The number of nitrogens with zero attached hydrogens (tertiary/aromatic N) is 3. The smallest absolute Gasteiger partial charge is 0.129 e. The Morgan fingerprint density at radius 2 is 2.12 bits per heavy atom. The average molecular weight is 256 g/mol. The predicted octanol–water partition coefficient (Wildman–Crippen LogP) is 2.60. The van der Waals surface area contributed by atoms with Crippen LogP contribution in [0, 0.1) is 0 Å². The van der Waals surface area contributed by atoms with E-state index in [2.05, 4.69) is 48.8 Å². The Morgan fingerprint density at radius 3 is 2.65 bits per heavy atom. The Hall–Kier alpha value is -0.800. The fourth-order valence-electron chi connectivity index (χ4n) is 2.03. The highest BCUT2D eigenvalue weighted by Gasteiger charge is 2.14. The van der Waals surface area contributed by atoms with E-state index in [9.17, 15) is 0 Å². The summed E-state index contributed by atoms with van der Waals surface area (Å²) in [6.07, 6.45) is 1.83. The molecule has 1 atom stereocenters. The Bertz CT molecular complexity index is 341. The van der Waals surface area contributed by atoms with Gasteiger partial charge in [0.1, 0.15) is 5.82 Å². The summed E-state index contributed by atoms with van der Waals surface area (Å²) in [4.78, 5) is 8.93. The Labute approximate surface area is 109 Å². The molecule has 0 aliphatic carbocycles. The third-order valence-corrected chi connectivity index (χ3v) is 3.07. The van der Waals surface area contributed by atoms with E-state index in [0.717, 1.165) is 24.5 Å². The molecule has 0 N–H and O–H groups in total. The van der Waals surface area contributed by atoms with Crippen LogP contribution in [0.15, 0.2) is 18.3 Å². The lowest BCUT2D eigenvalue weighted by Crippen LogP contribution is -2.40. The molecule has 0 radical (unpaired) electrons. The number of aromatic nitrogens is 1. The van der Waals surface area contributed by atoms with Crippen LogP contribution in [0.5, 0.6) is 0 Å². The Kier molecular flexibility index (Phi) is 5.72. The summed E-state index contributed by atoms with van der Waals surface area (Å²) in [7, 11) is 4.18. The van der Waals surface area contributed by atoms with Crippen LogP contribution >= 0.6 is 11.6 Å². The van der Waals surface area contributed by atoms with Crippen molar-refractivity contribution >= 4 is 17.4 Å². The molecule has 96 valence electrons. The zero-order chi connectivity index (χ0) is 12.8. The van der Waals surface area contributed by atoms with Crippen LogP contribution in [0.25, 0.3) is 0 Å². The van der Waals surface area contributed by atoms with Crippen LogP contribution in [0.4, 0.5) is 5.82 Å². The van der Waals surface area contributed by atoms with Crippen molar-refractivity contribution in [1.82, 2.24) is 9.88 Å². The van der Waals surface area contributed by atoms with Gasteiger partial charge in [-0.05, 0) is 45.6 Å². The maximum absolute atomic E-state index is 5.86. The molecule has 0 aliphatic rings. The first-order valence-corrected chi connectivity index (χ1v) is 6.54. The summed E-state index contributed by atoms with van der Waals surface area (Å²) in [6.45, 7) is 6.34. The summed E-state index contributed by atoms with van der Waals surface area (Å²) < 4.78 is 0. The zero-order valence-corrected chi connectivity index (χ0v) is 11.9. The van der Waals surface area contributed by atoms with Gasteiger partial charge < -0.3 is 9.80 Å². The second-order valence-corrected chi connectivity index (χ2v) is 4.82. The van der Waals surface area contributed by atoms with Crippen molar-refractivity contribution in [2.24, 2.45) is 0 Å². The fraction of sp³-hybridized carbons (Fsp3) is 0.615. The molecule has 17 heavy (non-hydrogen) atoms. The Morgan fingerprint density at radius 1 is 1.41 bits per heavy atom. The summed E-state index contributed by atoms with van der Waals surface area (Å²) in [6, 6.07) is 4.47. The average Bonchev–Trinajstić information content (AvgIpc) is 2.29. The third-order valence-electron chi connectivity index (χ3n) is 2.76. The number of anilines is 1. The summed E-state index contributed by atoms with van der Waals surface area (Å²) in [5.74, 6) is 1.55. The van der Waals surface area contributed by atoms with E-state index in [0.29, 0.717) is 11.9 Å². The molecule has 1 unspecified atom stereocenters. The molecule has 3 nitrogen and oxygen atoms in total. The third kappa shape index (κ3) is 4.17. The molecule has 0 bridgehead atoms. The lowest BCUT2D eigenvalue weighted by molar-refractivity contribution is 0.372. The number of halogens is 1. The quantitative estimate of drug-likeness (QED) is 0.729. The zero-order valence-electron chi connectivity index (χ0n) is 11.2. The van der Waals surface area contributed by atoms with Gasteiger partial charge in [-0.1, -0.05) is 0 Å². The number of hydrogen-bond donors (Lipinski definition) is 0. The standard InChI is InChI=1S/C13H22ClN3/c1-5-17(11(2)10-16(3)4)13-8-12(9-14)6-7-15-13/h6-8,11H,5,9-10H2,1-4H3. The largest absolute Gasteiger partial charge is 0.353 e. The van der Waals surface area contributed by atoms with Crippen molar-refractivity contribution in [3.63, 3.8) is 0 Å². The highest BCUT2D eigenvalue weighted by atomic mass is 35.5. The van der Waals surface area contributed by atoms with Crippen LogP contribution in [-0.2, 0) is 5.88 Å². The number of rotatable bonds is 6. The van der Waals surface area contributed by atoms with Gasteiger partial charge in [-0.2, -0.15) is 0 Å². The van der Waals surface area contributed by atoms with E-state index in [1.807, 2.05) is 12.3 Å². The van der Waals surface area contributed by atoms with Gasteiger partial charge in [-0.3, -0.25) is 0 Å². The van der Waals surface area contributed by atoms with Gasteiger partial charge in [0, 0.05) is 31.2 Å². The molecule has 0 aromatic carbocycles. The molecule has 1 aromatic heterocycles. The molecular weight excluding hydrogens is 234 g/mol. The highest BCUT2D eigenvalue weighted by Crippen LogP contribution is 2.16. The summed E-state index contributed by atoms with van der Waals surface area (Å²) >= 11 is 5.86. The van der Waals surface area contributed by atoms with E-state index in [1.54, 1.807) is 0 Å². The SMILES string of the molecule is CCN(c1cc(CCl)ccn1)C(C)CN(C)C. The molecule has 1 heterocycles. The maximum Gasteiger partial charge on any atom is 0.129 e. The predicted molar refractivity (Wildman–Crippen MR) is 74.8 cm³/mol. The van der Waals surface area contributed by atoms with Crippen LogP contribution in [0.1, 0.15) is 19.4 Å². The van der Waals surface area contributed by atoms with Crippen LogP contribution in [0.2, 0.25) is 0 Å². The first-order valence-electron chi connectivity index (χ1n) is 6.00. The lowest BCUT2D eigenvalue weighted by Gasteiger charge is -2.31. The molecule has 0 fully saturated rings. The van der Waals surface area contributed by atoms with Crippen molar-refractivity contribution in [2.45, 2.75) is 25.8 Å². The van der Waals surface area contributed by atoms with Gasteiger partial charge in [0.05, 0.1) is 0 Å². The number of alkyl halides is 1. The van der Waals surface area contributed by atoms with E-state index in [1.165, 1.54) is 0 Å². The second kappa shape index (κ2) is 6.82. The maximum atomic E-state index is 5.86. The monoisotopic (exact) mass is 255 g/mol. The van der Waals surface area contributed by atoms with Gasteiger partial charge in [0.15, 0.2) is 0 Å². The second-order valence-electron chi connectivity index (χ2n) is 4.55. The van der Waals surface area contributed by atoms with Gasteiger partial charge in [-0.15, -0.1) is 11.6 Å². The minimum Gasteiger partial charge on any atom is -0.353 e. The number of likely N-dealkylation sites (N-methyl/N-ethyl adjacent to an activating group) is 2. The minimum atomic E-state index is 0.438. The van der Waals surface area contributed by atoms with E-state index in [4.69, 9.17) is 11.6 Å². The molecule has 0 aliphatic heterocycles. The first kappa shape index (κ1) is 14.3. The topological polar surface area (TPSA) is 19.4 Å². The van der Waals surface area contributed by atoms with Gasteiger partial charge in [0.2, 0.25) is 0 Å².